The lowest BCUT2D eigenvalue weighted by Gasteiger charge is -2.12. The molecule has 0 radical (unpaired) electrons. The summed E-state index contributed by atoms with van der Waals surface area (Å²) in [5.41, 5.74) is 8.76. The number of hydrogen-bond donors (Lipinski definition) is 1. The maximum absolute atomic E-state index is 5.65. The van der Waals surface area contributed by atoms with Crippen molar-refractivity contribution in [3.63, 3.8) is 0 Å². The average molecular weight is 244 g/mol. The van der Waals surface area contributed by atoms with Gasteiger partial charge < -0.3 is 10.5 Å². The van der Waals surface area contributed by atoms with Crippen LogP contribution in [0.15, 0.2) is 12.1 Å². The van der Waals surface area contributed by atoms with Gasteiger partial charge in [0.25, 0.3) is 0 Å². The Bertz CT molecular complexity index is 576. The lowest BCUT2D eigenvalue weighted by Crippen LogP contribution is -2.03. The van der Waals surface area contributed by atoms with Crippen molar-refractivity contribution in [1.29, 1.82) is 0 Å². The van der Waals surface area contributed by atoms with Gasteiger partial charge in [0.15, 0.2) is 5.82 Å². The molecule has 2 aromatic rings. The SMILES string of the molecule is COc1ccc(-c2nc(C)nc(N)n2)c(C)c1C. The van der Waals surface area contributed by atoms with Crippen LogP contribution in [-0.4, -0.2) is 22.1 Å². The van der Waals surface area contributed by atoms with Crippen molar-refractivity contribution in [1.82, 2.24) is 15.0 Å². The highest BCUT2D eigenvalue weighted by atomic mass is 16.5. The number of aromatic nitrogens is 3. The summed E-state index contributed by atoms with van der Waals surface area (Å²) in [6, 6.07) is 3.85. The van der Waals surface area contributed by atoms with Crippen LogP contribution in [0.25, 0.3) is 11.4 Å². The molecule has 5 heteroatoms. The summed E-state index contributed by atoms with van der Waals surface area (Å²) >= 11 is 0. The quantitative estimate of drug-likeness (QED) is 0.875. The van der Waals surface area contributed by atoms with Crippen molar-refractivity contribution in [2.45, 2.75) is 20.8 Å². The Morgan fingerprint density at radius 2 is 1.72 bits per heavy atom. The third-order valence-electron chi connectivity index (χ3n) is 2.96. The average Bonchev–Trinajstić information content (AvgIpc) is 2.31. The Balaban J connectivity index is 2.61. The maximum Gasteiger partial charge on any atom is 0.223 e. The van der Waals surface area contributed by atoms with Gasteiger partial charge in [-0.15, -0.1) is 0 Å². The molecule has 1 heterocycles. The van der Waals surface area contributed by atoms with E-state index in [2.05, 4.69) is 15.0 Å². The fourth-order valence-corrected chi connectivity index (χ4v) is 1.88. The molecule has 1 aromatic heterocycles. The Kier molecular flexibility index (Phi) is 3.14. The third-order valence-corrected chi connectivity index (χ3v) is 2.96. The summed E-state index contributed by atoms with van der Waals surface area (Å²) in [5.74, 6) is 2.31. The van der Waals surface area contributed by atoms with E-state index in [4.69, 9.17) is 10.5 Å². The van der Waals surface area contributed by atoms with E-state index in [0.29, 0.717) is 11.6 Å². The molecule has 94 valence electrons. The number of anilines is 1. The molecule has 5 nitrogen and oxygen atoms in total. The van der Waals surface area contributed by atoms with E-state index in [9.17, 15) is 0 Å². The minimum atomic E-state index is 0.241. The van der Waals surface area contributed by atoms with Gasteiger partial charge >= 0.3 is 0 Å². The summed E-state index contributed by atoms with van der Waals surface area (Å²) in [7, 11) is 1.66. The second-order valence-corrected chi connectivity index (χ2v) is 4.13. The van der Waals surface area contributed by atoms with Crippen LogP contribution in [0.4, 0.5) is 5.95 Å². The highest BCUT2D eigenvalue weighted by molar-refractivity contribution is 5.64. The molecule has 0 unspecified atom stereocenters. The third kappa shape index (κ3) is 2.11. The number of hydrogen-bond acceptors (Lipinski definition) is 5. The van der Waals surface area contributed by atoms with Crippen LogP contribution >= 0.6 is 0 Å². The fourth-order valence-electron chi connectivity index (χ4n) is 1.88. The first-order valence-corrected chi connectivity index (χ1v) is 5.65. The molecular weight excluding hydrogens is 228 g/mol. The molecule has 0 spiro atoms. The van der Waals surface area contributed by atoms with E-state index in [1.165, 1.54) is 0 Å². The molecule has 0 amide bonds. The molecule has 0 aliphatic heterocycles. The molecule has 0 aliphatic rings. The second-order valence-electron chi connectivity index (χ2n) is 4.13. The summed E-state index contributed by atoms with van der Waals surface area (Å²) in [5, 5.41) is 0. The first kappa shape index (κ1) is 12.3. The number of rotatable bonds is 2. The summed E-state index contributed by atoms with van der Waals surface area (Å²) in [4.78, 5) is 12.5. The number of methoxy groups -OCH3 is 1. The zero-order chi connectivity index (χ0) is 13.3. The van der Waals surface area contributed by atoms with Gasteiger partial charge in [0.1, 0.15) is 11.6 Å². The summed E-state index contributed by atoms with van der Waals surface area (Å²) in [6.45, 7) is 5.82. The number of benzene rings is 1. The molecule has 0 saturated carbocycles. The number of aryl methyl sites for hydroxylation is 1. The smallest absolute Gasteiger partial charge is 0.223 e. The number of nitrogens with two attached hydrogens (primary N) is 1. The van der Waals surface area contributed by atoms with Crippen LogP contribution in [0.1, 0.15) is 17.0 Å². The molecule has 2 rings (SSSR count). The Morgan fingerprint density at radius 1 is 1.00 bits per heavy atom. The zero-order valence-electron chi connectivity index (χ0n) is 11.0. The van der Waals surface area contributed by atoms with Crippen LogP contribution in [0, 0.1) is 20.8 Å². The van der Waals surface area contributed by atoms with Crippen LogP contribution in [0.5, 0.6) is 5.75 Å². The lowest BCUT2D eigenvalue weighted by molar-refractivity contribution is 0.411. The van der Waals surface area contributed by atoms with E-state index >= 15 is 0 Å². The van der Waals surface area contributed by atoms with E-state index in [1.807, 2.05) is 26.0 Å². The van der Waals surface area contributed by atoms with Crippen LogP contribution in [0.2, 0.25) is 0 Å². The van der Waals surface area contributed by atoms with Crippen molar-refractivity contribution in [3.05, 3.63) is 29.1 Å². The highest BCUT2D eigenvalue weighted by Crippen LogP contribution is 2.29. The minimum Gasteiger partial charge on any atom is -0.496 e. The van der Waals surface area contributed by atoms with Crippen LogP contribution < -0.4 is 10.5 Å². The van der Waals surface area contributed by atoms with Gasteiger partial charge in [-0.05, 0) is 44.0 Å². The van der Waals surface area contributed by atoms with E-state index in [1.54, 1.807) is 14.0 Å². The molecule has 2 N–H and O–H groups in total. The molecule has 18 heavy (non-hydrogen) atoms. The van der Waals surface area contributed by atoms with Gasteiger partial charge in [0, 0.05) is 5.56 Å². The maximum atomic E-state index is 5.65. The van der Waals surface area contributed by atoms with Gasteiger partial charge in [-0.3, -0.25) is 0 Å². The van der Waals surface area contributed by atoms with Crippen LogP contribution in [-0.2, 0) is 0 Å². The largest absolute Gasteiger partial charge is 0.496 e. The van der Waals surface area contributed by atoms with Gasteiger partial charge in [0.2, 0.25) is 5.95 Å². The van der Waals surface area contributed by atoms with E-state index in [-0.39, 0.29) is 5.95 Å². The summed E-state index contributed by atoms with van der Waals surface area (Å²) < 4.78 is 5.29. The standard InChI is InChI=1S/C13H16N4O/c1-7-8(2)11(18-4)6-5-10(7)12-15-9(3)16-13(14)17-12/h5-6H,1-4H3,(H2,14,15,16,17). The Hall–Kier alpha value is -2.17. The number of ether oxygens (including phenoxy) is 1. The van der Waals surface area contributed by atoms with Gasteiger partial charge in [-0.2, -0.15) is 9.97 Å². The van der Waals surface area contributed by atoms with Crippen molar-refractivity contribution >= 4 is 5.95 Å². The topological polar surface area (TPSA) is 73.9 Å². The molecule has 0 atom stereocenters. The van der Waals surface area contributed by atoms with Crippen molar-refractivity contribution in [2.75, 3.05) is 12.8 Å². The Labute approximate surface area is 106 Å². The predicted molar refractivity (Wildman–Crippen MR) is 70.4 cm³/mol. The highest BCUT2D eigenvalue weighted by Gasteiger charge is 2.11. The Morgan fingerprint density at radius 3 is 2.33 bits per heavy atom. The molecule has 0 bridgehead atoms. The number of nitrogen functional groups attached to an aromatic ring is 1. The molecule has 0 aliphatic carbocycles. The minimum absolute atomic E-state index is 0.241. The van der Waals surface area contributed by atoms with Crippen molar-refractivity contribution < 1.29 is 4.74 Å². The molecular formula is C13H16N4O. The monoisotopic (exact) mass is 244 g/mol. The summed E-state index contributed by atoms with van der Waals surface area (Å²) in [6.07, 6.45) is 0. The van der Waals surface area contributed by atoms with E-state index in [0.717, 1.165) is 22.4 Å². The van der Waals surface area contributed by atoms with Gasteiger partial charge in [-0.25, -0.2) is 4.98 Å². The van der Waals surface area contributed by atoms with Gasteiger partial charge in [-0.1, -0.05) is 0 Å². The second kappa shape index (κ2) is 4.60. The lowest BCUT2D eigenvalue weighted by atomic mass is 10.0. The predicted octanol–water partition coefficient (Wildman–Crippen LogP) is 2.05. The zero-order valence-corrected chi connectivity index (χ0v) is 11.0. The normalized spacial score (nSPS) is 10.4. The molecule has 1 aromatic carbocycles. The van der Waals surface area contributed by atoms with Crippen molar-refractivity contribution in [2.24, 2.45) is 0 Å². The van der Waals surface area contributed by atoms with Gasteiger partial charge in [0.05, 0.1) is 7.11 Å². The van der Waals surface area contributed by atoms with Crippen molar-refractivity contribution in [3.8, 4) is 17.1 Å². The fraction of sp³-hybridized carbons (Fsp3) is 0.308. The first-order valence-electron chi connectivity index (χ1n) is 5.65. The van der Waals surface area contributed by atoms with Crippen LogP contribution in [0.3, 0.4) is 0 Å². The first-order chi connectivity index (χ1) is 8.52. The molecule has 0 saturated heterocycles. The molecule has 0 fully saturated rings. The number of nitrogens with zero attached hydrogens (tertiary/aromatic N) is 3. The van der Waals surface area contributed by atoms with E-state index < -0.39 is 0 Å².